The fraction of sp³-hybridized carbons (Fsp3) is 0.326. The van der Waals surface area contributed by atoms with E-state index in [4.69, 9.17) is 0 Å². The van der Waals surface area contributed by atoms with E-state index >= 15 is 0 Å². The Bertz CT molecular complexity index is 2080. The minimum atomic E-state index is -0.737. The minimum Gasteiger partial charge on any atom is -0.453 e. The maximum Gasteiger partial charge on any atom is 0.407 e. The van der Waals surface area contributed by atoms with Gasteiger partial charge in [0.25, 0.3) is 0 Å². The van der Waals surface area contributed by atoms with Gasteiger partial charge in [-0.05, 0) is 80.7 Å². The molecule has 0 fully saturated rings. The topological polar surface area (TPSA) is 157 Å². The number of methoxy groups -OCH3 is 1. The number of unbranched alkanes of at least 4 members (excludes halogenated alkanes) is 1. The standard InChI is InChI=1S/C43H50N8O4/c1-28(2)38(50-43(54)55-6)41(52)47-29(3)40-46-27-36(49-40)33-23-19-31(20-24-33)16-15-30-17-21-32(22-18-30)35-26-45-37(48-35)14-10-11-25-44-42(53)39(51(4)5)34-12-8-7-9-13-34/h7-9,12-13,17-24,26-29,38-39H,10-11,14,25H2,1-6H3,(H,44,53)(H,45,48)(H,46,49)(H,47,52)(H,50,54). The predicted octanol–water partition coefficient (Wildman–Crippen LogP) is 6.17. The van der Waals surface area contributed by atoms with Gasteiger partial charge in [-0.2, -0.15) is 0 Å². The molecule has 0 spiro atoms. The number of hydrogen-bond donors (Lipinski definition) is 5. The molecule has 3 unspecified atom stereocenters. The van der Waals surface area contributed by atoms with Gasteiger partial charge in [-0.15, -0.1) is 0 Å². The van der Waals surface area contributed by atoms with Crippen molar-refractivity contribution in [2.75, 3.05) is 27.7 Å². The Balaban J connectivity index is 1.08. The van der Waals surface area contributed by atoms with Crippen LogP contribution in [0.3, 0.4) is 0 Å². The highest BCUT2D eigenvalue weighted by Gasteiger charge is 2.27. The highest BCUT2D eigenvalue weighted by atomic mass is 16.5. The predicted molar refractivity (Wildman–Crippen MR) is 214 cm³/mol. The summed E-state index contributed by atoms with van der Waals surface area (Å²) in [5.41, 5.74) is 6.47. The highest BCUT2D eigenvalue weighted by Crippen LogP contribution is 2.22. The Morgan fingerprint density at radius 3 is 1.95 bits per heavy atom. The van der Waals surface area contributed by atoms with E-state index in [1.165, 1.54) is 7.11 Å². The minimum absolute atomic E-state index is 0.00722. The SMILES string of the molecule is COC(=O)NC(C(=O)NC(C)c1ncc(-c2ccc(C#Cc3ccc(-c4cnc(CCCCNC(=O)C(c5ccccc5)N(C)C)[nH]4)cc3)cc2)[nH]1)C(C)C. The summed E-state index contributed by atoms with van der Waals surface area (Å²) >= 11 is 0. The van der Waals surface area contributed by atoms with E-state index in [0.717, 1.165) is 64.3 Å². The normalized spacial score (nSPS) is 12.7. The van der Waals surface area contributed by atoms with E-state index in [1.807, 2.05) is 125 Å². The molecule has 3 amide bonds. The number of nitrogens with zero attached hydrogens (tertiary/aromatic N) is 3. The molecule has 0 bridgehead atoms. The second kappa shape index (κ2) is 19.2. The van der Waals surface area contributed by atoms with Gasteiger partial charge in [0, 0.05) is 24.1 Å². The number of nitrogens with one attached hydrogen (secondary N) is 5. The summed E-state index contributed by atoms with van der Waals surface area (Å²) in [5.74, 6) is 7.55. The van der Waals surface area contributed by atoms with E-state index in [-0.39, 0.29) is 23.8 Å². The average Bonchev–Trinajstić information content (AvgIpc) is 3.88. The summed E-state index contributed by atoms with van der Waals surface area (Å²) in [6.45, 7) is 6.14. The summed E-state index contributed by atoms with van der Waals surface area (Å²) in [4.78, 5) is 55.1. The Labute approximate surface area is 322 Å². The highest BCUT2D eigenvalue weighted by molar-refractivity contribution is 5.86. The number of hydrogen-bond acceptors (Lipinski definition) is 7. The van der Waals surface area contributed by atoms with Gasteiger partial charge >= 0.3 is 6.09 Å². The fourth-order valence-electron chi connectivity index (χ4n) is 6.09. The van der Waals surface area contributed by atoms with Crippen molar-refractivity contribution in [2.24, 2.45) is 5.92 Å². The van der Waals surface area contributed by atoms with Gasteiger partial charge in [-0.25, -0.2) is 14.8 Å². The molecule has 0 aliphatic heterocycles. The molecule has 5 aromatic rings. The van der Waals surface area contributed by atoms with Crippen molar-refractivity contribution in [3.63, 3.8) is 0 Å². The number of H-pyrrole nitrogens is 2. The molecule has 2 aromatic heterocycles. The molecule has 0 aliphatic carbocycles. The van der Waals surface area contributed by atoms with E-state index in [0.29, 0.717) is 12.4 Å². The van der Waals surface area contributed by atoms with Crippen LogP contribution in [0.5, 0.6) is 0 Å². The van der Waals surface area contributed by atoms with Gasteiger partial charge < -0.3 is 30.7 Å². The third-order valence-corrected chi connectivity index (χ3v) is 9.16. The second-order valence-electron chi connectivity index (χ2n) is 13.9. The summed E-state index contributed by atoms with van der Waals surface area (Å²) in [5, 5.41) is 8.58. The number of amides is 3. The molecule has 2 heterocycles. The third-order valence-electron chi connectivity index (χ3n) is 9.16. The third kappa shape index (κ3) is 11.2. The van der Waals surface area contributed by atoms with Crippen LogP contribution in [0, 0.1) is 17.8 Å². The molecule has 0 radical (unpaired) electrons. The molecule has 0 saturated carbocycles. The van der Waals surface area contributed by atoms with E-state index in [1.54, 1.807) is 6.20 Å². The van der Waals surface area contributed by atoms with Gasteiger partial charge in [-0.3, -0.25) is 14.5 Å². The Hall–Kier alpha value is -6.19. The zero-order chi connectivity index (χ0) is 39.3. The van der Waals surface area contributed by atoms with Crippen LogP contribution < -0.4 is 16.0 Å². The van der Waals surface area contributed by atoms with Crippen molar-refractivity contribution in [2.45, 2.75) is 58.2 Å². The van der Waals surface area contributed by atoms with Crippen LogP contribution in [0.2, 0.25) is 0 Å². The molecule has 5 N–H and O–H groups in total. The van der Waals surface area contributed by atoms with E-state index in [2.05, 4.69) is 52.5 Å². The number of benzene rings is 3. The van der Waals surface area contributed by atoms with Crippen LogP contribution in [0.15, 0.2) is 91.3 Å². The quantitative estimate of drug-likeness (QED) is 0.0635. The van der Waals surface area contributed by atoms with Crippen LogP contribution in [-0.2, 0) is 20.7 Å². The van der Waals surface area contributed by atoms with E-state index < -0.39 is 18.2 Å². The Morgan fingerprint density at radius 2 is 1.36 bits per heavy atom. The van der Waals surface area contributed by atoms with Gasteiger partial charge in [0.2, 0.25) is 11.8 Å². The smallest absolute Gasteiger partial charge is 0.407 e. The van der Waals surface area contributed by atoms with Crippen molar-refractivity contribution in [1.82, 2.24) is 40.8 Å². The number of aromatic amines is 2. The van der Waals surface area contributed by atoms with Crippen molar-refractivity contribution in [3.05, 3.63) is 120 Å². The summed E-state index contributed by atoms with van der Waals surface area (Å²) in [7, 11) is 5.10. The first kappa shape index (κ1) is 40.0. The van der Waals surface area contributed by atoms with Crippen LogP contribution in [0.1, 0.15) is 74.0 Å². The number of rotatable bonds is 15. The fourth-order valence-corrected chi connectivity index (χ4v) is 6.09. The molecule has 0 saturated heterocycles. The lowest BCUT2D eigenvalue weighted by Gasteiger charge is -2.23. The van der Waals surface area contributed by atoms with Crippen LogP contribution in [0.25, 0.3) is 22.5 Å². The molecule has 0 aliphatic rings. The van der Waals surface area contributed by atoms with Crippen molar-refractivity contribution in [1.29, 1.82) is 0 Å². The number of ether oxygens (including phenoxy) is 1. The Morgan fingerprint density at radius 1 is 0.764 bits per heavy atom. The number of imidazole rings is 2. The molecule has 12 heteroatoms. The zero-order valence-electron chi connectivity index (χ0n) is 32.3. The largest absolute Gasteiger partial charge is 0.453 e. The van der Waals surface area contributed by atoms with Crippen LogP contribution in [-0.4, -0.2) is 76.5 Å². The van der Waals surface area contributed by atoms with Gasteiger partial charge in [-0.1, -0.05) is 80.3 Å². The molecule has 3 atom stereocenters. The maximum atomic E-state index is 12.9. The van der Waals surface area contributed by atoms with Gasteiger partial charge in [0.1, 0.15) is 23.7 Å². The molecule has 12 nitrogen and oxygen atoms in total. The number of carbonyl (C=O) groups excluding carboxylic acids is 3. The molecule has 55 heavy (non-hydrogen) atoms. The maximum absolute atomic E-state index is 12.9. The first-order chi connectivity index (χ1) is 26.5. The molecular formula is C43H50N8O4. The molecule has 5 rings (SSSR count). The van der Waals surface area contributed by atoms with Crippen molar-refractivity contribution >= 4 is 17.9 Å². The average molecular weight is 743 g/mol. The zero-order valence-corrected chi connectivity index (χ0v) is 32.3. The molecule has 3 aromatic carbocycles. The monoisotopic (exact) mass is 742 g/mol. The number of aromatic nitrogens is 4. The second-order valence-corrected chi connectivity index (χ2v) is 13.9. The lowest BCUT2D eigenvalue weighted by Crippen LogP contribution is -2.50. The van der Waals surface area contributed by atoms with Crippen LogP contribution in [0.4, 0.5) is 4.79 Å². The Kier molecular flexibility index (Phi) is 14.0. The van der Waals surface area contributed by atoms with E-state index in [9.17, 15) is 14.4 Å². The van der Waals surface area contributed by atoms with Gasteiger partial charge in [0.05, 0.1) is 36.9 Å². The van der Waals surface area contributed by atoms with Gasteiger partial charge in [0.15, 0.2) is 0 Å². The lowest BCUT2D eigenvalue weighted by atomic mass is 10.0. The molecular weight excluding hydrogens is 693 g/mol. The summed E-state index contributed by atoms with van der Waals surface area (Å²) in [6.07, 6.45) is 5.48. The van der Waals surface area contributed by atoms with Crippen molar-refractivity contribution in [3.8, 4) is 34.4 Å². The molecule has 286 valence electrons. The first-order valence-electron chi connectivity index (χ1n) is 18.5. The number of alkyl carbamates (subject to hydrolysis) is 1. The summed E-state index contributed by atoms with van der Waals surface area (Å²) < 4.78 is 4.65. The summed E-state index contributed by atoms with van der Waals surface area (Å²) in [6, 6.07) is 24.3. The lowest BCUT2D eigenvalue weighted by molar-refractivity contribution is -0.126. The number of aryl methyl sites for hydroxylation is 1. The van der Waals surface area contributed by atoms with Crippen molar-refractivity contribution < 1.29 is 19.1 Å². The first-order valence-corrected chi connectivity index (χ1v) is 18.5. The number of likely N-dealkylation sites (N-methyl/N-ethyl adjacent to an activating group) is 1. The number of carbonyl (C=O) groups is 3. The van der Waals surface area contributed by atoms with Crippen LogP contribution >= 0.6 is 0 Å².